The van der Waals surface area contributed by atoms with E-state index in [-0.39, 0.29) is 0 Å². The number of hydrogen-bond donors (Lipinski definition) is 0. The Morgan fingerprint density at radius 1 is 1.07 bits per heavy atom. The third kappa shape index (κ3) is 2.74. The Morgan fingerprint density at radius 3 is 2.40 bits per heavy atom. The number of rotatable bonds is 2. The van der Waals surface area contributed by atoms with Crippen LogP contribution in [0.2, 0.25) is 0 Å². The molecule has 1 fully saturated rings. The van der Waals surface area contributed by atoms with Gasteiger partial charge in [-0.25, -0.2) is 0 Å². The van der Waals surface area contributed by atoms with Crippen molar-refractivity contribution in [1.82, 2.24) is 0 Å². The van der Waals surface area contributed by atoms with Gasteiger partial charge in [-0.2, -0.15) is 0 Å². The summed E-state index contributed by atoms with van der Waals surface area (Å²) in [7, 11) is 0. The van der Waals surface area contributed by atoms with E-state index in [1.165, 1.54) is 31.2 Å². The fraction of sp³-hybridized carbons (Fsp3) is 0.571. The largest absolute Gasteiger partial charge is 0.490 e. The van der Waals surface area contributed by atoms with Gasteiger partial charge in [-0.1, -0.05) is 31.0 Å². The summed E-state index contributed by atoms with van der Waals surface area (Å²) in [5.74, 6) is 1.74. The third-order valence-electron chi connectivity index (χ3n) is 3.34. The van der Waals surface area contributed by atoms with E-state index < -0.39 is 0 Å². The summed E-state index contributed by atoms with van der Waals surface area (Å²) in [6, 6.07) is 8.39. The van der Waals surface area contributed by atoms with E-state index >= 15 is 0 Å². The fourth-order valence-electron chi connectivity index (χ4n) is 2.25. The van der Waals surface area contributed by atoms with Gasteiger partial charge < -0.3 is 4.74 Å². The fourth-order valence-corrected chi connectivity index (χ4v) is 2.25. The molecule has 0 saturated heterocycles. The van der Waals surface area contributed by atoms with Crippen LogP contribution in [-0.4, -0.2) is 6.10 Å². The molecule has 1 nitrogen and oxygen atoms in total. The Balaban J connectivity index is 1.98. The standard InChI is InChI=1S/C14H20O/c1-11-7-9-13(10-8-11)15-14-6-4-3-5-12(14)2/h7-10,12,14H,3-6H2,1-2H3/t12-,14+/m1/s1. The van der Waals surface area contributed by atoms with Crippen molar-refractivity contribution in [3.63, 3.8) is 0 Å². The minimum Gasteiger partial charge on any atom is -0.490 e. The van der Waals surface area contributed by atoms with Crippen LogP contribution in [-0.2, 0) is 0 Å². The Bertz CT molecular complexity index is 302. The topological polar surface area (TPSA) is 9.23 Å². The third-order valence-corrected chi connectivity index (χ3v) is 3.34. The lowest BCUT2D eigenvalue weighted by atomic mass is 9.88. The highest BCUT2D eigenvalue weighted by Gasteiger charge is 2.22. The molecule has 15 heavy (non-hydrogen) atoms. The molecule has 1 heteroatoms. The van der Waals surface area contributed by atoms with Gasteiger partial charge in [-0.15, -0.1) is 0 Å². The van der Waals surface area contributed by atoms with E-state index in [0.29, 0.717) is 12.0 Å². The molecule has 0 amide bonds. The normalized spacial score (nSPS) is 26.3. The summed E-state index contributed by atoms with van der Waals surface area (Å²) in [6.07, 6.45) is 5.66. The van der Waals surface area contributed by atoms with Gasteiger partial charge in [0.2, 0.25) is 0 Å². The molecule has 1 aliphatic carbocycles. The average Bonchev–Trinajstić information content (AvgIpc) is 2.25. The summed E-state index contributed by atoms with van der Waals surface area (Å²) in [4.78, 5) is 0. The maximum Gasteiger partial charge on any atom is 0.119 e. The van der Waals surface area contributed by atoms with E-state index in [1.54, 1.807) is 0 Å². The van der Waals surface area contributed by atoms with Gasteiger partial charge in [0, 0.05) is 0 Å². The molecule has 0 aliphatic heterocycles. The zero-order chi connectivity index (χ0) is 10.7. The summed E-state index contributed by atoms with van der Waals surface area (Å²) in [5, 5.41) is 0. The average molecular weight is 204 g/mol. The second kappa shape index (κ2) is 4.69. The Labute approximate surface area is 92.5 Å². The first-order valence-corrected chi connectivity index (χ1v) is 5.99. The van der Waals surface area contributed by atoms with Gasteiger partial charge in [0.05, 0.1) is 0 Å². The molecule has 0 aromatic heterocycles. The first kappa shape index (κ1) is 10.5. The van der Waals surface area contributed by atoms with Crippen molar-refractivity contribution in [3.05, 3.63) is 29.8 Å². The van der Waals surface area contributed by atoms with Gasteiger partial charge in [0.1, 0.15) is 11.9 Å². The second-order valence-electron chi connectivity index (χ2n) is 4.73. The highest BCUT2D eigenvalue weighted by Crippen LogP contribution is 2.27. The first-order chi connectivity index (χ1) is 7.25. The summed E-state index contributed by atoms with van der Waals surface area (Å²) in [6.45, 7) is 4.41. The molecule has 0 spiro atoms. The van der Waals surface area contributed by atoms with Gasteiger partial charge >= 0.3 is 0 Å². The predicted molar refractivity (Wildman–Crippen MR) is 63.2 cm³/mol. The van der Waals surface area contributed by atoms with Crippen LogP contribution < -0.4 is 4.74 Å². The van der Waals surface area contributed by atoms with Gasteiger partial charge in [0.15, 0.2) is 0 Å². The molecule has 0 unspecified atom stereocenters. The smallest absolute Gasteiger partial charge is 0.119 e. The molecule has 2 atom stereocenters. The minimum atomic E-state index is 0.432. The lowest BCUT2D eigenvalue weighted by molar-refractivity contribution is 0.102. The van der Waals surface area contributed by atoms with Crippen LogP contribution in [0.4, 0.5) is 0 Å². The van der Waals surface area contributed by atoms with Crippen molar-refractivity contribution in [2.24, 2.45) is 5.92 Å². The zero-order valence-corrected chi connectivity index (χ0v) is 9.70. The van der Waals surface area contributed by atoms with Crippen molar-refractivity contribution in [2.75, 3.05) is 0 Å². The molecular formula is C14H20O. The molecular weight excluding hydrogens is 184 g/mol. The molecule has 1 aromatic carbocycles. The molecule has 1 aromatic rings. The van der Waals surface area contributed by atoms with Gasteiger partial charge in [0.25, 0.3) is 0 Å². The minimum absolute atomic E-state index is 0.432. The van der Waals surface area contributed by atoms with E-state index in [1.807, 2.05) is 0 Å². The quantitative estimate of drug-likeness (QED) is 0.708. The highest BCUT2D eigenvalue weighted by molar-refractivity contribution is 5.26. The second-order valence-corrected chi connectivity index (χ2v) is 4.73. The van der Waals surface area contributed by atoms with E-state index in [0.717, 1.165) is 5.75 Å². The van der Waals surface area contributed by atoms with Crippen molar-refractivity contribution >= 4 is 0 Å². The number of ether oxygens (including phenoxy) is 1. The van der Waals surface area contributed by atoms with Crippen LogP contribution in [0.25, 0.3) is 0 Å². The van der Waals surface area contributed by atoms with Crippen LogP contribution >= 0.6 is 0 Å². The Kier molecular flexibility index (Phi) is 3.30. The van der Waals surface area contributed by atoms with Crippen molar-refractivity contribution in [1.29, 1.82) is 0 Å². The van der Waals surface area contributed by atoms with E-state index in [4.69, 9.17) is 4.74 Å². The van der Waals surface area contributed by atoms with Gasteiger partial charge in [-0.05, 0) is 44.2 Å². The summed E-state index contributed by atoms with van der Waals surface area (Å²) in [5.41, 5.74) is 1.29. The molecule has 0 radical (unpaired) electrons. The van der Waals surface area contributed by atoms with Crippen LogP contribution in [0.15, 0.2) is 24.3 Å². The van der Waals surface area contributed by atoms with Crippen LogP contribution in [0.5, 0.6) is 5.75 Å². The predicted octanol–water partition coefficient (Wildman–Crippen LogP) is 3.95. The van der Waals surface area contributed by atoms with Crippen LogP contribution in [0, 0.1) is 12.8 Å². The highest BCUT2D eigenvalue weighted by atomic mass is 16.5. The number of hydrogen-bond acceptors (Lipinski definition) is 1. The monoisotopic (exact) mass is 204 g/mol. The Hall–Kier alpha value is -0.980. The van der Waals surface area contributed by atoms with E-state index in [2.05, 4.69) is 38.1 Å². The Morgan fingerprint density at radius 2 is 1.73 bits per heavy atom. The molecule has 82 valence electrons. The van der Waals surface area contributed by atoms with Gasteiger partial charge in [-0.3, -0.25) is 0 Å². The molecule has 1 aliphatic rings. The summed E-state index contributed by atoms with van der Waals surface area (Å²) < 4.78 is 6.02. The first-order valence-electron chi connectivity index (χ1n) is 5.99. The zero-order valence-electron chi connectivity index (χ0n) is 9.70. The van der Waals surface area contributed by atoms with Crippen LogP contribution in [0.1, 0.15) is 38.2 Å². The van der Waals surface area contributed by atoms with Crippen molar-refractivity contribution in [3.8, 4) is 5.75 Å². The number of aryl methyl sites for hydroxylation is 1. The maximum absolute atomic E-state index is 6.02. The SMILES string of the molecule is Cc1ccc(O[C@H]2CCCC[C@H]2C)cc1. The molecule has 0 heterocycles. The van der Waals surface area contributed by atoms with Crippen molar-refractivity contribution in [2.45, 2.75) is 45.6 Å². The summed E-state index contributed by atoms with van der Waals surface area (Å²) >= 11 is 0. The lowest BCUT2D eigenvalue weighted by Crippen LogP contribution is -2.28. The molecule has 2 rings (SSSR count). The molecule has 0 bridgehead atoms. The molecule has 0 N–H and O–H groups in total. The maximum atomic E-state index is 6.02. The van der Waals surface area contributed by atoms with Crippen molar-refractivity contribution < 1.29 is 4.74 Å². The number of benzene rings is 1. The molecule has 1 saturated carbocycles. The van der Waals surface area contributed by atoms with Crippen LogP contribution in [0.3, 0.4) is 0 Å². The lowest BCUT2D eigenvalue weighted by Gasteiger charge is -2.29. The van der Waals surface area contributed by atoms with E-state index in [9.17, 15) is 0 Å².